The predicted octanol–water partition coefficient (Wildman–Crippen LogP) is 3.39. The Kier molecular flexibility index (Phi) is 7.13. The summed E-state index contributed by atoms with van der Waals surface area (Å²) in [4.78, 5) is 29.0. The second kappa shape index (κ2) is 9.78. The Morgan fingerprint density at radius 3 is 2.63 bits per heavy atom. The summed E-state index contributed by atoms with van der Waals surface area (Å²) < 4.78 is 0. The van der Waals surface area contributed by atoms with Crippen molar-refractivity contribution in [1.29, 1.82) is 0 Å². The lowest BCUT2D eigenvalue weighted by Gasteiger charge is -2.22. The minimum Gasteiger partial charge on any atom is -0.480 e. The van der Waals surface area contributed by atoms with Crippen molar-refractivity contribution in [2.24, 2.45) is 0 Å². The molecule has 0 spiro atoms. The first-order chi connectivity index (χ1) is 14.1. The van der Waals surface area contributed by atoms with Crippen LogP contribution in [0.3, 0.4) is 0 Å². The molecular formula is C23H26ClN3O3. The van der Waals surface area contributed by atoms with E-state index < -0.39 is 12.0 Å². The van der Waals surface area contributed by atoms with Gasteiger partial charge < -0.3 is 15.4 Å². The molecule has 1 unspecified atom stereocenters. The van der Waals surface area contributed by atoms with Gasteiger partial charge in [0.25, 0.3) is 0 Å². The Labute approximate surface area is 181 Å². The van der Waals surface area contributed by atoms with Crippen molar-refractivity contribution in [3.63, 3.8) is 0 Å². The minimum atomic E-state index is -0.851. The SMILES string of the molecule is Cl.O=C(CN1CCC[C@@H]1C(=O)O)NCC(c1ccccc1)c1c[nH]c2ccccc12. The molecule has 1 aromatic heterocycles. The van der Waals surface area contributed by atoms with Crippen LogP contribution in [-0.4, -0.2) is 52.5 Å². The summed E-state index contributed by atoms with van der Waals surface area (Å²) in [5, 5.41) is 13.5. The molecule has 0 radical (unpaired) electrons. The van der Waals surface area contributed by atoms with Crippen molar-refractivity contribution in [1.82, 2.24) is 15.2 Å². The molecule has 3 N–H and O–H groups in total. The maximum absolute atomic E-state index is 12.6. The molecular weight excluding hydrogens is 402 g/mol. The number of carbonyl (C=O) groups excluding carboxylic acids is 1. The van der Waals surface area contributed by atoms with E-state index in [0.29, 0.717) is 19.5 Å². The van der Waals surface area contributed by atoms with Gasteiger partial charge in [0.2, 0.25) is 5.91 Å². The highest BCUT2D eigenvalue weighted by atomic mass is 35.5. The number of amides is 1. The number of carboxylic acid groups (broad SMARTS) is 1. The molecule has 1 fully saturated rings. The Balaban J connectivity index is 0.00000256. The first-order valence-electron chi connectivity index (χ1n) is 9.98. The summed E-state index contributed by atoms with van der Waals surface area (Å²) in [6.45, 7) is 1.22. The maximum Gasteiger partial charge on any atom is 0.320 e. The molecule has 2 aromatic carbocycles. The Morgan fingerprint density at radius 1 is 1.13 bits per heavy atom. The highest BCUT2D eigenvalue weighted by Crippen LogP contribution is 2.30. The van der Waals surface area contributed by atoms with Crippen LogP contribution in [-0.2, 0) is 9.59 Å². The van der Waals surface area contributed by atoms with Crippen molar-refractivity contribution < 1.29 is 14.7 Å². The molecule has 1 aliphatic rings. The Hall–Kier alpha value is -2.83. The number of carboxylic acids is 1. The number of para-hydroxylation sites is 1. The minimum absolute atomic E-state index is 0. The van der Waals surface area contributed by atoms with Crippen LogP contribution >= 0.6 is 12.4 Å². The average Bonchev–Trinajstić information content (AvgIpc) is 3.36. The van der Waals surface area contributed by atoms with Crippen LogP contribution < -0.4 is 5.32 Å². The number of H-pyrrole nitrogens is 1. The molecule has 2 heterocycles. The lowest BCUT2D eigenvalue weighted by atomic mass is 9.91. The molecule has 2 atom stereocenters. The van der Waals surface area contributed by atoms with Gasteiger partial charge in [-0.1, -0.05) is 48.5 Å². The molecule has 158 valence electrons. The lowest BCUT2D eigenvalue weighted by molar-refractivity contribution is -0.142. The number of nitrogens with one attached hydrogen (secondary N) is 2. The van der Waals surface area contributed by atoms with E-state index in [1.54, 1.807) is 4.90 Å². The van der Waals surface area contributed by atoms with E-state index in [4.69, 9.17) is 0 Å². The lowest BCUT2D eigenvalue weighted by Crippen LogP contribution is -2.43. The fraction of sp³-hybridized carbons (Fsp3) is 0.304. The fourth-order valence-electron chi connectivity index (χ4n) is 4.23. The number of fused-ring (bicyclic) bond motifs is 1. The van der Waals surface area contributed by atoms with Gasteiger partial charge in [-0.3, -0.25) is 14.5 Å². The van der Waals surface area contributed by atoms with Crippen LogP contribution in [0.4, 0.5) is 0 Å². The van der Waals surface area contributed by atoms with Crippen LogP contribution in [0.5, 0.6) is 0 Å². The Morgan fingerprint density at radius 2 is 1.87 bits per heavy atom. The summed E-state index contributed by atoms with van der Waals surface area (Å²) in [5.74, 6) is -0.986. The first kappa shape index (κ1) is 21.9. The molecule has 4 rings (SSSR count). The van der Waals surface area contributed by atoms with Crippen LogP contribution in [0.2, 0.25) is 0 Å². The number of rotatable bonds is 7. The van der Waals surface area contributed by atoms with Gasteiger partial charge >= 0.3 is 5.97 Å². The fourth-order valence-corrected chi connectivity index (χ4v) is 4.23. The van der Waals surface area contributed by atoms with E-state index >= 15 is 0 Å². The smallest absolute Gasteiger partial charge is 0.320 e. The van der Waals surface area contributed by atoms with E-state index in [9.17, 15) is 14.7 Å². The number of hydrogen-bond acceptors (Lipinski definition) is 3. The standard InChI is InChI=1S/C23H25N3O3.ClH/c27-22(15-26-12-6-11-21(26)23(28)29)25-13-18(16-7-2-1-3-8-16)19-14-24-20-10-5-4-9-17(19)20;/h1-5,7-10,14,18,21,24H,6,11-13,15H2,(H,25,27)(H,28,29);1H/t18?,21-;/m1./s1. The number of aromatic amines is 1. The zero-order chi connectivity index (χ0) is 20.2. The highest BCUT2D eigenvalue weighted by Gasteiger charge is 2.31. The number of nitrogens with zero attached hydrogens (tertiary/aromatic N) is 1. The largest absolute Gasteiger partial charge is 0.480 e. The van der Waals surface area contributed by atoms with Gasteiger partial charge in [0, 0.05) is 29.6 Å². The molecule has 0 bridgehead atoms. The summed E-state index contributed by atoms with van der Waals surface area (Å²) in [6.07, 6.45) is 3.42. The van der Waals surface area contributed by atoms with E-state index in [1.165, 1.54) is 0 Å². The zero-order valence-electron chi connectivity index (χ0n) is 16.6. The number of hydrogen-bond donors (Lipinski definition) is 3. The van der Waals surface area contributed by atoms with Crippen molar-refractivity contribution in [2.45, 2.75) is 24.8 Å². The van der Waals surface area contributed by atoms with Gasteiger partial charge in [-0.25, -0.2) is 0 Å². The predicted molar refractivity (Wildman–Crippen MR) is 119 cm³/mol. The van der Waals surface area contributed by atoms with Crippen LogP contribution in [0.15, 0.2) is 60.8 Å². The van der Waals surface area contributed by atoms with E-state index in [2.05, 4.69) is 28.5 Å². The topological polar surface area (TPSA) is 85.4 Å². The number of likely N-dealkylation sites (tertiary alicyclic amines) is 1. The normalized spacial score (nSPS) is 17.4. The van der Waals surface area contributed by atoms with Crippen molar-refractivity contribution in [3.05, 3.63) is 71.9 Å². The molecule has 1 aliphatic heterocycles. The van der Waals surface area contributed by atoms with Crippen molar-refractivity contribution >= 4 is 35.2 Å². The van der Waals surface area contributed by atoms with Crippen LogP contribution in [0.25, 0.3) is 10.9 Å². The number of carbonyl (C=O) groups is 2. The van der Waals surface area contributed by atoms with Gasteiger partial charge in [-0.05, 0) is 36.6 Å². The van der Waals surface area contributed by atoms with Crippen molar-refractivity contribution in [2.75, 3.05) is 19.6 Å². The molecule has 1 amide bonds. The second-order valence-electron chi connectivity index (χ2n) is 7.52. The third-order valence-electron chi connectivity index (χ3n) is 5.70. The summed E-state index contributed by atoms with van der Waals surface area (Å²) >= 11 is 0. The van der Waals surface area contributed by atoms with Crippen molar-refractivity contribution in [3.8, 4) is 0 Å². The monoisotopic (exact) mass is 427 g/mol. The summed E-state index contributed by atoms with van der Waals surface area (Å²) in [5.41, 5.74) is 3.33. The second-order valence-corrected chi connectivity index (χ2v) is 7.52. The van der Waals surface area contributed by atoms with E-state index in [1.807, 2.05) is 42.6 Å². The van der Waals surface area contributed by atoms with Gasteiger partial charge in [-0.15, -0.1) is 12.4 Å². The zero-order valence-corrected chi connectivity index (χ0v) is 17.4. The van der Waals surface area contributed by atoms with Crippen LogP contribution in [0.1, 0.15) is 29.9 Å². The number of benzene rings is 2. The average molecular weight is 428 g/mol. The van der Waals surface area contributed by atoms with E-state index in [-0.39, 0.29) is 30.8 Å². The molecule has 6 nitrogen and oxygen atoms in total. The Bertz CT molecular complexity index is 1010. The van der Waals surface area contributed by atoms with Gasteiger partial charge in [-0.2, -0.15) is 0 Å². The molecule has 7 heteroatoms. The van der Waals surface area contributed by atoms with Gasteiger partial charge in [0.05, 0.1) is 6.54 Å². The van der Waals surface area contributed by atoms with Gasteiger partial charge in [0.1, 0.15) is 6.04 Å². The number of aromatic nitrogens is 1. The number of halogens is 1. The molecule has 30 heavy (non-hydrogen) atoms. The summed E-state index contributed by atoms with van der Waals surface area (Å²) in [6, 6.07) is 17.7. The molecule has 1 saturated heterocycles. The third-order valence-corrected chi connectivity index (χ3v) is 5.70. The maximum atomic E-state index is 12.6. The summed E-state index contributed by atoms with van der Waals surface area (Å²) in [7, 11) is 0. The number of aliphatic carboxylic acids is 1. The van der Waals surface area contributed by atoms with E-state index in [0.717, 1.165) is 28.5 Å². The molecule has 0 aliphatic carbocycles. The molecule has 3 aromatic rings. The highest BCUT2D eigenvalue weighted by molar-refractivity contribution is 5.85. The third kappa shape index (κ3) is 4.66. The molecule has 0 saturated carbocycles. The quantitative estimate of drug-likeness (QED) is 0.539. The van der Waals surface area contributed by atoms with Gasteiger partial charge in [0.15, 0.2) is 0 Å². The van der Waals surface area contributed by atoms with Crippen LogP contribution in [0, 0.1) is 0 Å². The first-order valence-corrected chi connectivity index (χ1v) is 9.98.